The summed E-state index contributed by atoms with van der Waals surface area (Å²) in [5.41, 5.74) is 0.186. The minimum absolute atomic E-state index is 0.0870. The summed E-state index contributed by atoms with van der Waals surface area (Å²) < 4.78 is 0. The molecule has 1 N–H and O–H groups in total. The van der Waals surface area contributed by atoms with Crippen LogP contribution in [-0.2, 0) is 4.79 Å². The van der Waals surface area contributed by atoms with Gasteiger partial charge in [0.05, 0.1) is 0 Å². The van der Waals surface area contributed by atoms with Crippen molar-refractivity contribution in [1.29, 1.82) is 0 Å². The topological polar surface area (TPSA) is 29.1 Å². The lowest BCUT2D eigenvalue weighted by Gasteiger charge is -2.31. The Labute approximate surface area is 108 Å². The number of amides is 1. The minimum atomic E-state index is -0.0870. The second-order valence-electron chi connectivity index (χ2n) is 7.13. The van der Waals surface area contributed by atoms with E-state index >= 15 is 0 Å². The molecule has 0 aromatic rings. The van der Waals surface area contributed by atoms with Crippen molar-refractivity contribution in [2.24, 2.45) is 17.3 Å². The van der Waals surface area contributed by atoms with Crippen molar-refractivity contribution < 1.29 is 4.79 Å². The van der Waals surface area contributed by atoms with E-state index in [4.69, 9.17) is 0 Å². The monoisotopic (exact) mass is 241 g/mol. The lowest BCUT2D eigenvalue weighted by molar-refractivity contribution is -0.126. The molecule has 0 aromatic heterocycles. The summed E-state index contributed by atoms with van der Waals surface area (Å²) in [4.78, 5) is 12.1. The van der Waals surface area contributed by atoms with Gasteiger partial charge in [0.25, 0.3) is 0 Å². The maximum absolute atomic E-state index is 12.1. The van der Waals surface area contributed by atoms with E-state index in [2.05, 4.69) is 53.8 Å². The second kappa shape index (κ2) is 5.88. The van der Waals surface area contributed by atoms with Gasteiger partial charge in [-0.15, -0.1) is 0 Å². The van der Waals surface area contributed by atoms with Gasteiger partial charge in [-0.1, -0.05) is 41.5 Å². The molecule has 0 aromatic carbocycles. The van der Waals surface area contributed by atoms with Crippen molar-refractivity contribution in [3.8, 4) is 0 Å². The van der Waals surface area contributed by atoms with Crippen LogP contribution >= 0.6 is 0 Å². The van der Waals surface area contributed by atoms with Crippen LogP contribution < -0.4 is 5.32 Å². The fourth-order valence-corrected chi connectivity index (χ4v) is 1.54. The molecule has 2 atom stereocenters. The van der Waals surface area contributed by atoms with Crippen LogP contribution in [0.1, 0.15) is 68.2 Å². The van der Waals surface area contributed by atoms with Gasteiger partial charge in [0.1, 0.15) is 0 Å². The quantitative estimate of drug-likeness (QED) is 0.774. The first-order chi connectivity index (χ1) is 7.49. The lowest BCUT2D eigenvalue weighted by Crippen LogP contribution is -2.45. The number of rotatable bonds is 5. The molecule has 2 nitrogen and oxygen atoms in total. The van der Waals surface area contributed by atoms with E-state index in [1.165, 1.54) is 0 Å². The lowest BCUT2D eigenvalue weighted by atomic mass is 9.77. The molecule has 0 saturated carbocycles. The largest absolute Gasteiger partial charge is 0.351 e. The minimum Gasteiger partial charge on any atom is -0.351 e. The van der Waals surface area contributed by atoms with Gasteiger partial charge in [0, 0.05) is 11.5 Å². The molecule has 0 spiro atoms. The zero-order chi connectivity index (χ0) is 13.9. The van der Waals surface area contributed by atoms with E-state index in [-0.39, 0.29) is 22.8 Å². The first kappa shape index (κ1) is 16.5. The molecule has 0 aliphatic heterocycles. The average molecular weight is 241 g/mol. The second-order valence-corrected chi connectivity index (χ2v) is 7.13. The third kappa shape index (κ3) is 6.09. The van der Waals surface area contributed by atoms with Gasteiger partial charge in [-0.25, -0.2) is 0 Å². The van der Waals surface area contributed by atoms with Crippen molar-refractivity contribution >= 4 is 5.91 Å². The first-order valence-corrected chi connectivity index (χ1v) is 6.81. The highest BCUT2D eigenvalue weighted by Gasteiger charge is 2.27. The van der Waals surface area contributed by atoms with Crippen LogP contribution in [0, 0.1) is 17.3 Å². The third-order valence-electron chi connectivity index (χ3n) is 3.98. The Kier molecular flexibility index (Phi) is 5.70. The molecular weight excluding hydrogens is 210 g/mol. The van der Waals surface area contributed by atoms with E-state index in [0.717, 1.165) is 12.8 Å². The van der Waals surface area contributed by atoms with E-state index in [1.54, 1.807) is 0 Å². The molecule has 0 aliphatic carbocycles. The Balaban J connectivity index is 4.34. The zero-order valence-electron chi connectivity index (χ0n) is 13.0. The van der Waals surface area contributed by atoms with Crippen LogP contribution in [0.5, 0.6) is 0 Å². The van der Waals surface area contributed by atoms with Crippen molar-refractivity contribution in [2.75, 3.05) is 0 Å². The van der Waals surface area contributed by atoms with Crippen LogP contribution in [0.3, 0.4) is 0 Å². The van der Waals surface area contributed by atoms with Gasteiger partial charge in [0.2, 0.25) is 5.91 Å². The molecule has 17 heavy (non-hydrogen) atoms. The maximum atomic E-state index is 12.1. The summed E-state index contributed by atoms with van der Waals surface area (Å²) in [7, 11) is 0. The van der Waals surface area contributed by atoms with Crippen LogP contribution in [0.4, 0.5) is 0 Å². The molecule has 2 unspecified atom stereocenters. The predicted molar refractivity (Wildman–Crippen MR) is 74.9 cm³/mol. The van der Waals surface area contributed by atoms with Gasteiger partial charge < -0.3 is 5.32 Å². The molecule has 0 rings (SSSR count). The van der Waals surface area contributed by atoms with Crippen molar-refractivity contribution in [3.63, 3.8) is 0 Å². The Hall–Kier alpha value is -0.530. The van der Waals surface area contributed by atoms with Gasteiger partial charge in [0.15, 0.2) is 0 Å². The SMILES string of the molecule is CCC(C)(C)NC(=O)C(C)CC(C)C(C)(C)C. The third-order valence-corrected chi connectivity index (χ3v) is 3.98. The molecule has 2 heteroatoms. The highest BCUT2D eigenvalue weighted by atomic mass is 16.2. The smallest absolute Gasteiger partial charge is 0.223 e. The maximum Gasteiger partial charge on any atom is 0.223 e. The van der Waals surface area contributed by atoms with Crippen LogP contribution in [0.15, 0.2) is 0 Å². The highest BCUT2D eigenvalue weighted by Crippen LogP contribution is 2.30. The molecule has 0 saturated heterocycles. The molecule has 102 valence electrons. The number of nitrogens with one attached hydrogen (secondary N) is 1. The van der Waals surface area contributed by atoms with Gasteiger partial charge in [-0.2, -0.15) is 0 Å². The first-order valence-electron chi connectivity index (χ1n) is 6.81. The summed E-state index contributed by atoms with van der Waals surface area (Å²) in [6.07, 6.45) is 1.91. The van der Waals surface area contributed by atoms with Crippen LogP contribution in [0.2, 0.25) is 0 Å². The van der Waals surface area contributed by atoms with Crippen LogP contribution in [-0.4, -0.2) is 11.4 Å². The van der Waals surface area contributed by atoms with Crippen LogP contribution in [0.25, 0.3) is 0 Å². The summed E-state index contributed by atoms with van der Waals surface area (Å²) in [6.45, 7) is 17.2. The van der Waals surface area contributed by atoms with E-state index in [1.807, 2.05) is 6.92 Å². The van der Waals surface area contributed by atoms with Crippen molar-refractivity contribution in [3.05, 3.63) is 0 Å². The van der Waals surface area contributed by atoms with Crippen molar-refractivity contribution in [2.45, 2.75) is 73.8 Å². The Morgan fingerprint density at radius 1 is 1.12 bits per heavy atom. The fourth-order valence-electron chi connectivity index (χ4n) is 1.54. The number of hydrogen-bond donors (Lipinski definition) is 1. The van der Waals surface area contributed by atoms with E-state index < -0.39 is 0 Å². The fraction of sp³-hybridized carbons (Fsp3) is 0.933. The molecule has 0 fully saturated rings. The summed E-state index contributed by atoms with van der Waals surface area (Å²) >= 11 is 0. The molecule has 0 radical (unpaired) electrons. The Morgan fingerprint density at radius 3 is 1.94 bits per heavy atom. The summed E-state index contributed by atoms with van der Waals surface area (Å²) in [5, 5.41) is 3.12. The summed E-state index contributed by atoms with van der Waals surface area (Å²) in [5.74, 6) is 0.830. The molecule has 1 amide bonds. The summed E-state index contributed by atoms with van der Waals surface area (Å²) in [6, 6.07) is 0. The highest BCUT2D eigenvalue weighted by molar-refractivity contribution is 5.78. The van der Waals surface area contributed by atoms with Gasteiger partial charge in [-0.05, 0) is 38.0 Å². The standard InChI is InChI=1S/C15H31NO/c1-9-15(7,8)16-13(17)11(2)10-12(3)14(4,5)6/h11-12H,9-10H2,1-8H3,(H,16,17). The average Bonchev–Trinajstić information content (AvgIpc) is 2.15. The zero-order valence-corrected chi connectivity index (χ0v) is 13.0. The van der Waals surface area contributed by atoms with Crippen molar-refractivity contribution in [1.82, 2.24) is 5.32 Å². The van der Waals surface area contributed by atoms with E-state index in [0.29, 0.717) is 5.92 Å². The Bertz CT molecular complexity index is 250. The number of carbonyl (C=O) groups excluding carboxylic acids is 1. The molecule has 0 heterocycles. The predicted octanol–water partition coefficient (Wildman–Crippen LogP) is 4.00. The Morgan fingerprint density at radius 2 is 1.59 bits per heavy atom. The molecular formula is C15H31NO. The number of hydrogen-bond acceptors (Lipinski definition) is 1. The molecule has 0 bridgehead atoms. The molecule has 0 aliphatic rings. The number of carbonyl (C=O) groups is 1. The van der Waals surface area contributed by atoms with Gasteiger partial charge >= 0.3 is 0 Å². The normalized spacial score (nSPS) is 16.5. The van der Waals surface area contributed by atoms with Gasteiger partial charge in [-0.3, -0.25) is 4.79 Å². The van der Waals surface area contributed by atoms with E-state index in [9.17, 15) is 4.79 Å².